The number of carbonyl (C=O) groups excluding carboxylic acids is 3. The quantitative estimate of drug-likeness (QED) is 0.130. The summed E-state index contributed by atoms with van der Waals surface area (Å²) in [4.78, 5) is 51.0. The molecular weight excluding hydrogens is 652 g/mol. The van der Waals surface area contributed by atoms with Gasteiger partial charge in [-0.15, -0.1) is 11.3 Å². The second-order valence-electron chi connectivity index (χ2n) is 12.6. The number of aliphatic hydroxyl groups is 1. The van der Waals surface area contributed by atoms with Crippen LogP contribution < -0.4 is 10.6 Å². The highest BCUT2D eigenvalue weighted by Gasteiger charge is 2.33. The number of anilines is 1. The molecule has 0 bridgehead atoms. The van der Waals surface area contributed by atoms with Crippen LogP contribution in [0.15, 0.2) is 42.7 Å². The third kappa shape index (κ3) is 7.22. The van der Waals surface area contributed by atoms with Gasteiger partial charge in [0.2, 0.25) is 17.8 Å². The zero-order valence-corrected chi connectivity index (χ0v) is 26.8. The molecule has 3 N–H and O–H groups in total. The molecule has 2 aliphatic rings. The van der Waals surface area contributed by atoms with Crippen molar-refractivity contribution in [1.29, 1.82) is 0 Å². The van der Waals surface area contributed by atoms with E-state index in [1.807, 2.05) is 0 Å². The van der Waals surface area contributed by atoms with Crippen molar-refractivity contribution in [3.63, 3.8) is 0 Å². The van der Waals surface area contributed by atoms with Crippen LogP contribution in [-0.2, 0) is 27.9 Å². The molecule has 0 saturated carbocycles. The number of benzene rings is 1. The summed E-state index contributed by atoms with van der Waals surface area (Å²) in [6.45, 7) is 4.77. The first-order valence-electron chi connectivity index (χ1n) is 15.4. The van der Waals surface area contributed by atoms with Gasteiger partial charge in [0.1, 0.15) is 5.69 Å². The van der Waals surface area contributed by atoms with Gasteiger partial charge in [-0.3, -0.25) is 29.6 Å². The molecular formula is C33H32F4N6O4S. The molecule has 15 heteroatoms. The van der Waals surface area contributed by atoms with Gasteiger partial charge in [0.25, 0.3) is 5.91 Å². The highest BCUT2D eigenvalue weighted by molar-refractivity contribution is 7.18. The molecule has 0 aliphatic carbocycles. The fourth-order valence-corrected chi connectivity index (χ4v) is 7.23. The average molecular weight is 685 g/mol. The molecule has 5 heterocycles. The minimum atomic E-state index is -4.63. The number of amides is 3. The molecule has 2 fully saturated rings. The number of piperidine rings is 2. The SMILES string of the molecule is CC(C)(O)c1cc2nc(C3CCN(Cc4cc(C5CCC(=O)NC5=O)cnc4F)CC3)sc2cc1NC(=O)c1ccc(C(F)(F)F)nc1. The summed E-state index contributed by atoms with van der Waals surface area (Å²) in [5.41, 5.74) is -0.241. The van der Waals surface area contributed by atoms with Crippen molar-refractivity contribution in [1.82, 2.24) is 25.2 Å². The number of carbonyl (C=O) groups is 3. The Morgan fingerprint density at radius 3 is 2.48 bits per heavy atom. The Morgan fingerprint density at radius 2 is 1.83 bits per heavy atom. The maximum atomic E-state index is 14.7. The zero-order valence-electron chi connectivity index (χ0n) is 26.0. The number of fused-ring (bicyclic) bond motifs is 1. The lowest BCUT2D eigenvalue weighted by molar-refractivity contribution is -0.141. The van der Waals surface area contributed by atoms with E-state index in [9.17, 15) is 37.1 Å². The Bertz CT molecular complexity index is 1880. The van der Waals surface area contributed by atoms with Gasteiger partial charge in [-0.25, -0.2) is 9.97 Å². The average Bonchev–Trinajstić information content (AvgIpc) is 3.44. The van der Waals surface area contributed by atoms with Crippen LogP contribution in [0.1, 0.15) is 89.1 Å². The van der Waals surface area contributed by atoms with Gasteiger partial charge >= 0.3 is 6.18 Å². The van der Waals surface area contributed by atoms with E-state index in [2.05, 4.69) is 25.5 Å². The fraction of sp³-hybridized carbons (Fsp3) is 0.394. The second kappa shape index (κ2) is 12.9. The molecule has 2 aliphatic heterocycles. The first-order valence-corrected chi connectivity index (χ1v) is 16.2. The van der Waals surface area contributed by atoms with Crippen LogP contribution in [0.25, 0.3) is 10.2 Å². The lowest BCUT2D eigenvalue weighted by atomic mass is 9.90. The molecule has 0 spiro atoms. The van der Waals surface area contributed by atoms with Crippen LogP contribution in [0.5, 0.6) is 0 Å². The summed E-state index contributed by atoms with van der Waals surface area (Å²) in [6.07, 6.45) is -0.336. The van der Waals surface area contributed by atoms with E-state index in [1.165, 1.54) is 17.5 Å². The molecule has 1 atom stereocenters. The van der Waals surface area contributed by atoms with E-state index in [0.29, 0.717) is 53.9 Å². The topological polar surface area (TPSA) is 137 Å². The van der Waals surface area contributed by atoms with Crippen LogP contribution in [-0.4, -0.2) is 55.8 Å². The van der Waals surface area contributed by atoms with Gasteiger partial charge in [-0.05, 0) is 82.1 Å². The first-order chi connectivity index (χ1) is 22.7. The number of hydrogen-bond donors (Lipinski definition) is 3. The maximum Gasteiger partial charge on any atom is 0.433 e. The van der Waals surface area contributed by atoms with Gasteiger partial charge in [0.05, 0.1) is 32.3 Å². The van der Waals surface area contributed by atoms with E-state index in [4.69, 9.17) is 4.98 Å². The number of likely N-dealkylation sites (tertiary alicyclic amines) is 1. The lowest BCUT2D eigenvalue weighted by Gasteiger charge is -2.31. The molecule has 1 aromatic carbocycles. The fourth-order valence-electron chi connectivity index (χ4n) is 6.07. The Kier molecular flexibility index (Phi) is 9.04. The third-order valence-corrected chi connectivity index (χ3v) is 9.85. The van der Waals surface area contributed by atoms with Crippen LogP contribution >= 0.6 is 11.3 Å². The molecule has 48 heavy (non-hydrogen) atoms. The number of nitrogens with one attached hydrogen (secondary N) is 2. The number of alkyl halides is 3. The number of imide groups is 1. The van der Waals surface area contributed by atoms with E-state index >= 15 is 0 Å². The largest absolute Gasteiger partial charge is 0.433 e. The minimum absolute atomic E-state index is 0.0695. The molecule has 3 aromatic heterocycles. The van der Waals surface area contributed by atoms with E-state index < -0.39 is 41.2 Å². The molecule has 6 rings (SSSR count). The molecule has 3 amide bonds. The molecule has 10 nitrogen and oxygen atoms in total. The number of halogens is 4. The number of thiazole rings is 1. The number of hydrogen-bond acceptors (Lipinski definition) is 9. The van der Waals surface area contributed by atoms with Gasteiger partial charge in [0.15, 0.2) is 0 Å². The summed E-state index contributed by atoms with van der Waals surface area (Å²) >= 11 is 1.46. The number of pyridine rings is 2. The van der Waals surface area contributed by atoms with E-state index in [1.54, 1.807) is 32.0 Å². The summed E-state index contributed by atoms with van der Waals surface area (Å²) in [7, 11) is 0. The van der Waals surface area contributed by atoms with Crippen molar-refractivity contribution in [3.05, 3.63) is 81.6 Å². The summed E-state index contributed by atoms with van der Waals surface area (Å²) in [5.74, 6) is -2.41. The Hall–Kier alpha value is -4.34. The molecule has 4 aromatic rings. The van der Waals surface area contributed by atoms with Crippen LogP contribution in [0, 0.1) is 5.95 Å². The van der Waals surface area contributed by atoms with Crippen LogP contribution in [0.3, 0.4) is 0 Å². The molecule has 252 valence electrons. The van der Waals surface area contributed by atoms with Gasteiger partial charge in [0, 0.05) is 48.1 Å². The predicted molar refractivity (Wildman–Crippen MR) is 169 cm³/mol. The summed E-state index contributed by atoms with van der Waals surface area (Å²) < 4.78 is 54.2. The van der Waals surface area contributed by atoms with Crippen molar-refractivity contribution in [2.24, 2.45) is 0 Å². The monoisotopic (exact) mass is 684 g/mol. The number of aromatic nitrogens is 3. The third-order valence-electron chi connectivity index (χ3n) is 8.67. The van der Waals surface area contributed by atoms with Crippen LogP contribution in [0.4, 0.5) is 23.2 Å². The number of nitrogens with zero attached hydrogens (tertiary/aromatic N) is 4. The van der Waals surface area contributed by atoms with E-state index in [0.717, 1.165) is 40.9 Å². The first kappa shape index (κ1) is 33.6. The highest BCUT2D eigenvalue weighted by Crippen LogP contribution is 2.39. The maximum absolute atomic E-state index is 14.7. The van der Waals surface area contributed by atoms with Gasteiger partial charge in [-0.2, -0.15) is 17.6 Å². The summed E-state index contributed by atoms with van der Waals surface area (Å²) in [6, 6.07) is 6.86. The van der Waals surface area contributed by atoms with Crippen LogP contribution in [0.2, 0.25) is 0 Å². The van der Waals surface area contributed by atoms with Gasteiger partial charge in [-0.1, -0.05) is 0 Å². The van der Waals surface area contributed by atoms with Crippen molar-refractivity contribution in [3.8, 4) is 0 Å². The zero-order chi connectivity index (χ0) is 34.4. The Labute approximate surface area is 276 Å². The highest BCUT2D eigenvalue weighted by atomic mass is 32.1. The van der Waals surface area contributed by atoms with E-state index in [-0.39, 0.29) is 23.8 Å². The smallest absolute Gasteiger partial charge is 0.386 e. The normalized spacial score (nSPS) is 18.3. The summed E-state index contributed by atoms with van der Waals surface area (Å²) in [5, 5.41) is 16.8. The minimum Gasteiger partial charge on any atom is -0.386 e. The molecule has 2 saturated heterocycles. The van der Waals surface area contributed by atoms with Gasteiger partial charge < -0.3 is 10.4 Å². The van der Waals surface area contributed by atoms with Crippen molar-refractivity contribution in [2.45, 2.75) is 69.7 Å². The molecule has 0 radical (unpaired) electrons. The number of rotatable bonds is 7. The van der Waals surface area contributed by atoms with Crippen molar-refractivity contribution < 1.29 is 37.1 Å². The Balaban J connectivity index is 1.15. The molecule has 1 unspecified atom stereocenters. The second-order valence-corrected chi connectivity index (χ2v) is 13.7. The lowest BCUT2D eigenvalue weighted by Crippen LogP contribution is -2.39. The predicted octanol–water partition coefficient (Wildman–Crippen LogP) is 5.62. The Morgan fingerprint density at radius 1 is 1.08 bits per heavy atom. The standard InChI is InChI=1S/C33H32F4N6O4S/c1-32(2,47)22-12-24-25(13-23(22)40-29(45)18-3-5-26(38-14-18)33(35,36)37)48-31(41-24)17-7-9-43(10-8-17)16-20-11-19(15-39-28(20)34)21-4-6-27(44)42-30(21)46/h3,5,11-15,17,21,47H,4,6-10,16H2,1-2H3,(H,40,45)(H,42,44,46). The van der Waals surface area contributed by atoms with Crippen molar-refractivity contribution in [2.75, 3.05) is 18.4 Å². The van der Waals surface area contributed by atoms with Crippen molar-refractivity contribution >= 4 is 45.0 Å².